The molecule has 0 heterocycles. The molecule has 2 aromatic carbocycles. The number of aliphatic hydroxyl groups excluding tert-OH is 1. The first-order valence-electron chi connectivity index (χ1n) is 14.4. The number of ether oxygens (including phenoxy) is 2. The number of hydrogen-bond acceptors (Lipinski definition) is 6. The van der Waals surface area contributed by atoms with Gasteiger partial charge in [0.25, 0.3) is 0 Å². The molecule has 0 aromatic heterocycles. The molecule has 2 aromatic rings. The molecule has 0 saturated carbocycles. The molecule has 0 aliphatic carbocycles. The standard InChI is InChI=1S/C32H49N3O5/c1-7-27(22-39-6)33-31(37)29(34-32(38)30(19-23(2)3)35(5)18-17-24(4)36)20-25-13-15-28(16-14-25)40-21-26-11-9-8-10-12-26/h8-16,23-24,27,29-30,36H,7,17-22H2,1-6H3,(H,33,37)(H,34,38). The Hall–Kier alpha value is -2.94. The van der Waals surface area contributed by atoms with Crippen molar-refractivity contribution in [2.24, 2.45) is 5.92 Å². The number of amides is 2. The van der Waals surface area contributed by atoms with Crippen molar-refractivity contribution in [3.63, 3.8) is 0 Å². The number of likely N-dealkylation sites (N-methyl/N-ethyl adjacent to an activating group) is 1. The van der Waals surface area contributed by atoms with E-state index in [1.54, 1.807) is 14.0 Å². The number of carbonyl (C=O) groups excluding carboxylic acids is 2. The summed E-state index contributed by atoms with van der Waals surface area (Å²) in [5.74, 6) is 0.591. The molecule has 0 saturated heterocycles. The van der Waals surface area contributed by atoms with Gasteiger partial charge in [-0.1, -0.05) is 63.2 Å². The normalized spacial score (nSPS) is 14.4. The topological polar surface area (TPSA) is 100 Å². The first kappa shape index (κ1) is 33.3. The molecule has 8 nitrogen and oxygen atoms in total. The van der Waals surface area contributed by atoms with E-state index in [1.165, 1.54) is 0 Å². The molecular formula is C32H49N3O5. The van der Waals surface area contributed by atoms with Crippen LogP contribution in [0.15, 0.2) is 54.6 Å². The summed E-state index contributed by atoms with van der Waals surface area (Å²) in [6.07, 6.45) is 1.81. The van der Waals surface area contributed by atoms with Crippen LogP contribution >= 0.6 is 0 Å². The maximum absolute atomic E-state index is 13.6. The highest BCUT2D eigenvalue weighted by Crippen LogP contribution is 2.17. The fraction of sp³-hybridized carbons (Fsp3) is 0.562. The van der Waals surface area contributed by atoms with Gasteiger partial charge < -0.3 is 25.2 Å². The second-order valence-electron chi connectivity index (χ2n) is 11.0. The van der Waals surface area contributed by atoms with E-state index in [2.05, 4.69) is 24.5 Å². The van der Waals surface area contributed by atoms with E-state index in [9.17, 15) is 14.7 Å². The van der Waals surface area contributed by atoms with Gasteiger partial charge in [-0.25, -0.2) is 0 Å². The van der Waals surface area contributed by atoms with E-state index >= 15 is 0 Å². The number of hydrogen-bond donors (Lipinski definition) is 3. The molecule has 0 bridgehead atoms. The Morgan fingerprint density at radius 2 is 1.62 bits per heavy atom. The quantitative estimate of drug-likeness (QED) is 0.258. The molecule has 0 radical (unpaired) electrons. The molecule has 2 amide bonds. The van der Waals surface area contributed by atoms with Gasteiger partial charge in [0.2, 0.25) is 11.8 Å². The zero-order valence-electron chi connectivity index (χ0n) is 25.1. The van der Waals surface area contributed by atoms with Crippen LogP contribution in [0.1, 0.15) is 58.1 Å². The van der Waals surface area contributed by atoms with Crippen LogP contribution in [-0.4, -0.2) is 73.4 Å². The Morgan fingerprint density at radius 1 is 0.950 bits per heavy atom. The molecule has 222 valence electrons. The minimum atomic E-state index is -0.755. The summed E-state index contributed by atoms with van der Waals surface area (Å²) in [7, 11) is 3.50. The van der Waals surface area contributed by atoms with E-state index in [-0.39, 0.29) is 23.8 Å². The molecule has 4 atom stereocenters. The second-order valence-corrected chi connectivity index (χ2v) is 11.0. The Labute approximate surface area is 240 Å². The maximum Gasteiger partial charge on any atom is 0.243 e. The number of nitrogens with one attached hydrogen (secondary N) is 2. The smallest absolute Gasteiger partial charge is 0.243 e. The molecule has 3 N–H and O–H groups in total. The number of rotatable bonds is 18. The van der Waals surface area contributed by atoms with Crippen LogP contribution in [0.3, 0.4) is 0 Å². The predicted molar refractivity (Wildman–Crippen MR) is 159 cm³/mol. The first-order chi connectivity index (χ1) is 19.1. The molecule has 8 heteroatoms. The number of methoxy groups -OCH3 is 1. The van der Waals surface area contributed by atoms with Crippen LogP contribution < -0.4 is 15.4 Å². The van der Waals surface area contributed by atoms with Gasteiger partial charge in [0.15, 0.2) is 0 Å². The Balaban J connectivity index is 2.17. The zero-order chi connectivity index (χ0) is 29.5. The van der Waals surface area contributed by atoms with E-state index in [4.69, 9.17) is 9.47 Å². The summed E-state index contributed by atoms with van der Waals surface area (Å²) in [4.78, 5) is 29.0. The lowest BCUT2D eigenvalue weighted by Crippen LogP contribution is -2.55. The van der Waals surface area contributed by atoms with Crippen LogP contribution in [-0.2, 0) is 27.4 Å². The number of nitrogens with zero attached hydrogens (tertiary/aromatic N) is 1. The van der Waals surface area contributed by atoms with Gasteiger partial charge >= 0.3 is 0 Å². The predicted octanol–water partition coefficient (Wildman–Crippen LogP) is 3.95. The minimum Gasteiger partial charge on any atom is -0.489 e. The van der Waals surface area contributed by atoms with Gasteiger partial charge in [0, 0.05) is 20.1 Å². The van der Waals surface area contributed by atoms with Crippen LogP contribution in [0.5, 0.6) is 5.75 Å². The van der Waals surface area contributed by atoms with Gasteiger partial charge in [0.05, 0.1) is 24.8 Å². The molecule has 0 aliphatic heterocycles. The van der Waals surface area contributed by atoms with E-state index in [1.807, 2.05) is 73.5 Å². The van der Waals surface area contributed by atoms with Crippen molar-refractivity contribution in [2.75, 3.05) is 27.3 Å². The van der Waals surface area contributed by atoms with Crippen LogP contribution in [0.4, 0.5) is 0 Å². The highest BCUT2D eigenvalue weighted by Gasteiger charge is 2.29. The van der Waals surface area contributed by atoms with Crippen molar-refractivity contribution in [3.05, 3.63) is 65.7 Å². The van der Waals surface area contributed by atoms with Gasteiger partial charge in [-0.3, -0.25) is 14.5 Å². The fourth-order valence-corrected chi connectivity index (χ4v) is 4.42. The van der Waals surface area contributed by atoms with Crippen molar-refractivity contribution in [3.8, 4) is 5.75 Å². The second kappa shape index (κ2) is 17.7. The monoisotopic (exact) mass is 555 g/mol. The molecule has 0 fully saturated rings. The van der Waals surface area contributed by atoms with Crippen LogP contribution in [0.25, 0.3) is 0 Å². The zero-order valence-corrected chi connectivity index (χ0v) is 25.1. The molecule has 40 heavy (non-hydrogen) atoms. The molecule has 2 rings (SSSR count). The summed E-state index contributed by atoms with van der Waals surface area (Å²) in [5, 5.41) is 15.8. The highest BCUT2D eigenvalue weighted by atomic mass is 16.5. The van der Waals surface area contributed by atoms with Crippen molar-refractivity contribution >= 4 is 11.8 Å². The van der Waals surface area contributed by atoms with Gasteiger partial charge in [-0.15, -0.1) is 0 Å². The third-order valence-electron chi connectivity index (χ3n) is 6.88. The fourth-order valence-electron chi connectivity index (χ4n) is 4.42. The lowest BCUT2D eigenvalue weighted by molar-refractivity contribution is -0.132. The summed E-state index contributed by atoms with van der Waals surface area (Å²) < 4.78 is 11.2. The van der Waals surface area contributed by atoms with Crippen LogP contribution in [0.2, 0.25) is 0 Å². The molecule has 0 spiro atoms. The van der Waals surface area contributed by atoms with Crippen molar-refractivity contribution in [1.29, 1.82) is 0 Å². The minimum absolute atomic E-state index is 0.147. The van der Waals surface area contributed by atoms with E-state index < -0.39 is 18.2 Å². The van der Waals surface area contributed by atoms with Crippen molar-refractivity contribution in [2.45, 2.75) is 84.2 Å². The summed E-state index contributed by atoms with van der Waals surface area (Å²) in [6.45, 7) is 9.33. The van der Waals surface area contributed by atoms with Gasteiger partial charge in [0.1, 0.15) is 18.4 Å². The van der Waals surface area contributed by atoms with E-state index in [0.717, 1.165) is 16.9 Å². The Kier molecular flexibility index (Phi) is 14.7. The number of benzene rings is 2. The summed E-state index contributed by atoms with van der Waals surface area (Å²) in [6, 6.07) is 16.3. The molecule has 0 aliphatic rings. The Bertz CT molecular complexity index is 997. The maximum atomic E-state index is 13.6. The lowest BCUT2D eigenvalue weighted by Gasteiger charge is -2.31. The van der Waals surface area contributed by atoms with E-state index in [0.29, 0.717) is 45.4 Å². The van der Waals surface area contributed by atoms with Crippen molar-refractivity contribution < 1.29 is 24.2 Å². The third-order valence-corrected chi connectivity index (χ3v) is 6.88. The number of aliphatic hydroxyl groups is 1. The third kappa shape index (κ3) is 12.1. The Morgan fingerprint density at radius 3 is 2.20 bits per heavy atom. The largest absolute Gasteiger partial charge is 0.489 e. The SMILES string of the molecule is CCC(COC)NC(=O)C(Cc1ccc(OCc2ccccc2)cc1)NC(=O)C(CC(C)C)N(C)CCC(C)O. The number of carbonyl (C=O) groups is 2. The van der Waals surface area contributed by atoms with Crippen LogP contribution in [0, 0.1) is 5.92 Å². The van der Waals surface area contributed by atoms with Crippen molar-refractivity contribution in [1.82, 2.24) is 15.5 Å². The summed E-state index contributed by atoms with van der Waals surface area (Å²) >= 11 is 0. The van der Waals surface area contributed by atoms with Gasteiger partial charge in [-0.05, 0) is 62.4 Å². The molecular weight excluding hydrogens is 506 g/mol. The van der Waals surface area contributed by atoms with Gasteiger partial charge in [-0.2, -0.15) is 0 Å². The average molecular weight is 556 g/mol. The summed E-state index contributed by atoms with van der Waals surface area (Å²) in [5.41, 5.74) is 2.00. The first-order valence-corrected chi connectivity index (χ1v) is 14.4. The lowest BCUT2D eigenvalue weighted by atomic mass is 9.99. The molecule has 4 unspecified atom stereocenters. The average Bonchev–Trinajstić information content (AvgIpc) is 2.93. The highest BCUT2D eigenvalue weighted by molar-refractivity contribution is 5.90.